The molecule has 0 fully saturated rings. The molecule has 0 unspecified atom stereocenters. The zero-order valence-electron chi connectivity index (χ0n) is 6.95. The average Bonchev–Trinajstić information content (AvgIpc) is 1.88. The van der Waals surface area contributed by atoms with Crippen LogP contribution in [-0.2, 0) is 0 Å². The third-order valence-corrected chi connectivity index (χ3v) is 0.707. The zero-order valence-corrected chi connectivity index (χ0v) is 8.36. The number of hydrogen-bond acceptors (Lipinski definition) is 0. The Hall–Kier alpha value is 0.766. The second-order valence-electron chi connectivity index (χ2n) is 1.71. The number of rotatable bonds is 2. The Kier molecular flexibility index (Phi) is 42.4. The van der Waals surface area contributed by atoms with Crippen molar-refractivity contribution in [1.29, 1.82) is 0 Å². The van der Waals surface area contributed by atoms with Gasteiger partial charge in [0.2, 0.25) is 0 Å². The monoisotopic (exact) mass is 140 g/mol. The van der Waals surface area contributed by atoms with E-state index >= 15 is 0 Å². The average molecular weight is 141 g/mol. The van der Waals surface area contributed by atoms with Crippen LogP contribution in [-0.4, -0.2) is 23.1 Å². The number of hydrogen-bond donors (Lipinski definition) is 0. The summed E-state index contributed by atoms with van der Waals surface area (Å²) in [4.78, 5) is 0. The molecule has 0 aromatic carbocycles. The van der Waals surface area contributed by atoms with Crippen molar-refractivity contribution in [1.82, 2.24) is 0 Å². The second-order valence-corrected chi connectivity index (χ2v) is 1.71. The Bertz CT molecular complexity index is 17.2. The van der Waals surface area contributed by atoms with Crippen LogP contribution in [0.1, 0.15) is 41.0 Å². The predicted molar refractivity (Wildman–Crippen MR) is 48.4 cm³/mol. The summed E-state index contributed by atoms with van der Waals surface area (Å²) in [7, 11) is 0. The molecule has 0 saturated heterocycles. The van der Waals surface area contributed by atoms with Crippen LogP contribution in [0, 0.1) is 13.8 Å². The van der Waals surface area contributed by atoms with Gasteiger partial charge in [-0.1, -0.05) is 26.7 Å². The van der Waals surface area contributed by atoms with E-state index in [0.29, 0.717) is 0 Å². The van der Waals surface area contributed by atoms with Crippen LogP contribution in [0.3, 0.4) is 0 Å². The molecule has 0 aliphatic carbocycles. The summed E-state index contributed by atoms with van der Waals surface area (Å²) < 4.78 is 0. The van der Waals surface area contributed by atoms with Gasteiger partial charge < -0.3 is 13.8 Å². The fourth-order valence-electron chi connectivity index (χ4n) is 0. The van der Waals surface area contributed by atoms with E-state index in [2.05, 4.69) is 27.7 Å². The molecule has 0 aromatic heterocycles. The summed E-state index contributed by atoms with van der Waals surface area (Å²) in [5.41, 5.74) is 0. The predicted octanol–water partition coefficient (Wildman–Crippen LogP) is 3.11. The van der Waals surface area contributed by atoms with Gasteiger partial charge in [-0.15, -0.1) is 0 Å². The molecule has 0 aromatic rings. The molecule has 0 amide bonds. The van der Waals surface area contributed by atoms with Crippen LogP contribution < -0.4 is 0 Å². The second kappa shape index (κ2) is 23.3. The Morgan fingerprint density at radius 3 is 1.11 bits per heavy atom. The Balaban J connectivity index is -0.0000000300. The summed E-state index contributed by atoms with van der Waals surface area (Å²) in [6.45, 7) is 11.4. The molecule has 0 radical (unpaired) electrons. The van der Waals surface area contributed by atoms with E-state index < -0.39 is 0 Å². The maximum absolute atomic E-state index is 3.60. The molecular weight excluding hydrogens is 120 g/mol. The first-order valence-corrected chi connectivity index (χ1v) is 3.41. The molecule has 0 spiro atoms. The first-order valence-electron chi connectivity index (χ1n) is 3.41. The standard InChI is InChI=1S/2C4H9.Mg.H2/c2*1-3-4-2;;/h2*1,3-4H2,2H3;;1H/q2*-1;+2;. The van der Waals surface area contributed by atoms with Gasteiger partial charge in [0.25, 0.3) is 0 Å². The van der Waals surface area contributed by atoms with Crippen LogP contribution in [0.4, 0.5) is 0 Å². The van der Waals surface area contributed by atoms with Crippen molar-refractivity contribution < 1.29 is 1.43 Å². The normalized spacial score (nSPS) is 6.67. The Morgan fingerprint density at radius 2 is 1.11 bits per heavy atom. The third kappa shape index (κ3) is 52.4. The minimum atomic E-state index is 0. The first-order chi connectivity index (χ1) is 3.83. The molecule has 0 heterocycles. The van der Waals surface area contributed by atoms with E-state index in [0.717, 1.165) is 12.8 Å². The van der Waals surface area contributed by atoms with Gasteiger partial charge in [0.1, 0.15) is 0 Å². The summed E-state index contributed by atoms with van der Waals surface area (Å²) in [6, 6.07) is 0. The summed E-state index contributed by atoms with van der Waals surface area (Å²) in [6.07, 6.45) is 4.56. The molecule has 54 valence electrons. The molecule has 9 heavy (non-hydrogen) atoms. The molecule has 0 aliphatic rings. The maximum atomic E-state index is 3.60. The molecule has 0 saturated carbocycles. The molecular formula is C8H20Mg. The maximum Gasteiger partial charge on any atom is 2.00 e. The van der Waals surface area contributed by atoms with Crippen molar-refractivity contribution in [2.45, 2.75) is 39.5 Å². The van der Waals surface area contributed by atoms with Crippen LogP contribution in [0.5, 0.6) is 0 Å². The third-order valence-electron chi connectivity index (χ3n) is 0.707. The smallest absolute Gasteiger partial charge is 0.343 e. The van der Waals surface area contributed by atoms with Crippen LogP contribution in [0.15, 0.2) is 0 Å². The van der Waals surface area contributed by atoms with Gasteiger partial charge in [-0.05, 0) is 0 Å². The first kappa shape index (κ1) is 16.4. The molecule has 0 bridgehead atoms. The van der Waals surface area contributed by atoms with Crippen molar-refractivity contribution >= 4 is 23.1 Å². The van der Waals surface area contributed by atoms with E-state index in [1.165, 1.54) is 12.8 Å². The van der Waals surface area contributed by atoms with Gasteiger partial charge >= 0.3 is 23.1 Å². The molecule has 1 heteroatoms. The summed E-state index contributed by atoms with van der Waals surface area (Å²) in [5.74, 6) is 0. The van der Waals surface area contributed by atoms with Crippen molar-refractivity contribution in [2.24, 2.45) is 0 Å². The van der Waals surface area contributed by atoms with Gasteiger partial charge in [0.05, 0.1) is 0 Å². The fourth-order valence-corrected chi connectivity index (χ4v) is 0. The van der Waals surface area contributed by atoms with Gasteiger partial charge in [-0.3, -0.25) is 0 Å². The zero-order chi connectivity index (χ0) is 6.83. The molecule has 0 N–H and O–H groups in total. The largest absolute Gasteiger partial charge is 2.00 e. The summed E-state index contributed by atoms with van der Waals surface area (Å²) >= 11 is 0. The fraction of sp³-hybridized carbons (Fsp3) is 0.750. The minimum Gasteiger partial charge on any atom is -0.343 e. The van der Waals surface area contributed by atoms with E-state index in [4.69, 9.17) is 0 Å². The Labute approximate surface area is 78.1 Å². The van der Waals surface area contributed by atoms with Crippen LogP contribution >= 0.6 is 0 Å². The van der Waals surface area contributed by atoms with E-state index in [-0.39, 0.29) is 24.5 Å². The van der Waals surface area contributed by atoms with Crippen molar-refractivity contribution in [3.05, 3.63) is 13.8 Å². The topological polar surface area (TPSA) is 0 Å². The van der Waals surface area contributed by atoms with Gasteiger partial charge in [-0.25, -0.2) is 0 Å². The van der Waals surface area contributed by atoms with Crippen molar-refractivity contribution in [2.75, 3.05) is 0 Å². The van der Waals surface area contributed by atoms with E-state index in [1.807, 2.05) is 0 Å². The summed E-state index contributed by atoms with van der Waals surface area (Å²) in [5, 5.41) is 0. The quantitative estimate of drug-likeness (QED) is 0.408. The molecule has 0 atom stereocenters. The van der Waals surface area contributed by atoms with Gasteiger partial charge in [0.15, 0.2) is 0 Å². The van der Waals surface area contributed by atoms with Crippen LogP contribution in [0.25, 0.3) is 0 Å². The van der Waals surface area contributed by atoms with Crippen LogP contribution in [0.2, 0.25) is 0 Å². The Morgan fingerprint density at radius 1 is 1.00 bits per heavy atom. The SMILES string of the molecule is [CH2-]CCC.[CH2-]CCC.[HH].[Mg+2]. The van der Waals surface area contributed by atoms with E-state index in [9.17, 15) is 0 Å². The minimum absolute atomic E-state index is 0. The van der Waals surface area contributed by atoms with Gasteiger partial charge in [0, 0.05) is 1.43 Å². The van der Waals surface area contributed by atoms with E-state index in [1.54, 1.807) is 0 Å². The molecule has 0 rings (SSSR count). The van der Waals surface area contributed by atoms with Crippen molar-refractivity contribution in [3.63, 3.8) is 0 Å². The molecule has 0 nitrogen and oxygen atoms in total. The van der Waals surface area contributed by atoms with Crippen molar-refractivity contribution in [3.8, 4) is 0 Å². The number of unbranched alkanes of at least 4 members (excludes halogenated alkanes) is 2. The molecule has 0 aliphatic heterocycles. The van der Waals surface area contributed by atoms with Gasteiger partial charge in [-0.2, -0.15) is 12.8 Å².